The number of fused-ring (bicyclic) bond motifs is 1. The van der Waals surface area contributed by atoms with Gasteiger partial charge >= 0.3 is 0 Å². The lowest BCUT2D eigenvalue weighted by molar-refractivity contribution is -0.164. The van der Waals surface area contributed by atoms with Gasteiger partial charge in [0, 0.05) is 24.4 Å². The van der Waals surface area contributed by atoms with E-state index in [1.807, 2.05) is 0 Å². The number of carbonyl (C=O) groups excluding carboxylic acids is 1. The highest BCUT2D eigenvalue weighted by molar-refractivity contribution is 5.91. The van der Waals surface area contributed by atoms with E-state index in [0.717, 1.165) is 31.3 Å². The third-order valence-corrected chi connectivity index (χ3v) is 7.06. The quantitative estimate of drug-likeness (QED) is 0.529. The minimum Gasteiger partial charge on any atom is -0.359 e. The molecule has 0 saturated heterocycles. The van der Waals surface area contributed by atoms with E-state index in [2.05, 4.69) is 27.4 Å². The van der Waals surface area contributed by atoms with E-state index in [-0.39, 0.29) is 30.0 Å². The van der Waals surface area contributed by atoms with Crippen LogP contribution in [0.15, 0.2) is 23.3 Å². The first-order valence-electron chi connectivity index (χ1n) is 9.91. The topological polar surface area (TPSA) is 35.5 Å². The van der Waals surface area contributed by atoms with Crippen LogP contribution in [0.25, 0.3) is 0 Å². The van der Waals surface area contributed by atoms with Gasteiger partial charge in [-0.05, 0) is 51.4 Å². The van der Waals surface area contributed by atoms with Crippen molar-refractivity contribution in [2.24, 2.45) is 23.2 Å². The van der Waals surface area contributed by atoms with Gasteiger partial charge in [-0.1, -0.05) is 43.6 Å². The van der Waals surface area contributed by atoms with Gasteiger partial charge in [-0.25, -0.2) is 0 Å². The van der Waals surface area contributed by atoms with Gasteiger partial charge in [0.15, 0.2) is 5.78 Å². The highest BCUT2D eigenvalue weighted by Crippen LogP contribution is 2.59. The van der Waals surface area contributed by atoms with Crippen LogP contribution < -0.4 is 0 Å². The van der Waals surface area contributed by atoms with E-state index in [1.54, 1.807) is 12.7 Å². The Labute approximate surface area is 152 Å². The van der Waals surface area contributed by atoms with Crippen LogP contribution in [0.4, 0.5) is 0 Å². The van der Waals surface area contributed by atoms with Gasteiger partial charge in [-0.15, -0.1) is 0 Å². The van der Waals surface area contributed by atoms with Crippen LogP contribution in [0, 0.1) is 23.2 Å². The predicted molar refractivity (Wildman–Crippen MR) is 100 cm³/mol. The highest BCUT2D eigenvalue weighted by Gasteiger charge is 2.58. The van der Waals surface area contributed by atoms with Crippen molar-refractivity contribution in [2.45, 2.75) is 71.8 Å². The normalized spacial score (nSPS) is 42.4. The molecule has 1 unspecified atom stereocenters. The number of methoxy groups -OCH3 is 1. The molecule has 3 aliphatic carbocycles. The van der Waals surface area contributed by atoms with Crippen molar-refractivity contribution >= 4 is 5.78 Å². The lowest BCUT2D eigenvalue weighted by atomic mass is 9.59. The van der Waals surface area contributed by atoms with E-state index in [1.165, 1.54) is 24.8 Å². The fraction of sp³-hybridized carbons (Fsp3) is 0.773. The van der Waals surface area contributed by atoms with Gasteiger partial charge < -0.3 is 9.47 Å². The second kappa shape index (κ2) is 7.36. The average Bonchev–Trinajstić information content (AvgIpc) is 2.92. The van der Waals surface area contributed by atoms with E-state index in [4.69, 9.17) is 9.47 Å². The number of carbonyl (C=O) groups is 1. The van der Waals surface area contributed by atoms with Crippen LogP contribution in [-0.4, -0.2) is 25.8 Å². The van der Waals surface area contributed by atoms with Crippen molar-refractivity contribution in [3.05, 3.63) is 23.3 Å². The Balaban J connectivity index is 2.04. The molecule has 3 nitrogen and oxygen atoms in total. The third kappa shape index (κ3) is 3.26. The number of rotatable bonds is 3. The Morgan fingerprint density at radius 3 is 2.72 bits per heavy atom. The Hall–Kier alpha value is -0.930. The Morgan fingerprint density at radius 2 is 2.00 bits per heavy atom. The molecule has 0 N–H and O–H groups in total. The second-order valence-electron chi connectivity index (χ2n) is 8.80. The lowest BCUT2D eigenvalue weighted by Gasteiger charge is -2.47. The molecule has 0 heterocycles. The summed E-state index contributed by atoms with van der Waals surface area (Å²) in [7, 11) is 1.62. The van der Waals surface area contributed by atoms with Gasteiger partial charge in [0.25, 0.3) is 0 Å². The molecule has 2 saturated carbocycles. The zero-order valence-electron chi connectivity index (χ0n) is 16.4. The summed E-state index contributed by atoms with van der Waals surface area (Å²) in [6.07, 6.45) is 7.43. The highest BCUT2D eigenvalue weighted by atomic mass is 16.7. The Bertz CT molecular complexity index is 576. The molecular weight excluding hydrogens is 312 g/mol. The Morgan fingerprint density at radius 1 is 1.24 bits per heavy atom. The number of hydrogen-bond donors (Lipinski definition) is 0. The summed E-state index contributed by atoms with van der Waals surface area (Å²) in [4.78, 5) is 13.3. The summed E-state index contributed by atoms with van der Waals surface area (Å²) >= 11 is 0. The molecule has 0 aromatic rings. The largest absolute Gasteiger partial charge is 0.359 e. The molecule has 2 bridgehead atoms. The van der Waals surface area contributed by atoms with E-state index in [0.29, 0.717) is 11.8 Å². The molecule has 3 aliphatic rings. The van der Waals surface area contributed by atoms with Crippen LogP contribution in [0.2, 0.25) is 0 Å². The molecule has 0 aliphatic heterocycles. The summed E-state index contributed by atoms with van der Waals surface area (Å²) in [6, 6.07) is 0. The maximum atomic E-state index is 13.3. The summed E-state index contributed by atoms with van der Waals surface area (Å²) in [5, 5.41) is 0. The van der Waals surface area contributed by atoms with Crippen molar-refractivity contribution in [3.8, 4) is 0 Å². The number of ether oxygens (including phenoxy) is 2. The zero-order chi connectivity index (χ0) is 18.2. The molecule has 3 rings (SSSR count). The van der Waals surface area contributed by atoms with Crippen LogP contribution in [0.1, 0.15) is 65.7 Å². The maximum absolute atomic E-state index is 13.3. The molecule has 0 aromatic carbocycles. The predicted octanol–water partition coefficient (Wildman–Crippen LogP) is 5.06. The molecule has 0 amide bonds. The van der Waals surface area contributed by atoms with E-state index < -0.39 is 0 Å². The monoisotopic (exact) mass is 346 g/mol. The van der Waals surface area contributed by atoms with Gasteiger partial charge in [0.2, 0.25) is 0 Å². The maximum Gasteiger partial charge on any atom is 0.169 e. The van der Waals surface area contributed by atoms with E-state index >= 15 is 0 Å². The molecule has 0 spiro atoms. The molecule has 25 heavy (non-hydrogen) atoms. The minimum atomic E-state index is -0.366. The zero-order valence-corrected chi connectivity index (χ0v) is 16.4. The number of allylic oxidation sites excluding steroid dienone is 3. The molecule has 3 heteroatoms. The molecule has 5 atom stereocenters. The van der Waals surface area contributed by atoms with Crippen LogP contribution in [0.3, 0.4) is 0 Å². The smallest absolute Gasteiger partial charge is 0.169 e. The third-order valence-electron chi connectivity index (χ3n) is 7.06. The van der Waals surface area contributed by atoms with Gasteiger partial charge in [-0.3, -0.25) is 4.79 Å². The number of hydrogen-bond acceptors (Lipinski definition) is 3. The molecule has 0 radical (unpaired) electrons. The van der Waals surface area contributed by atoms with Crippen LogP contribution in [0.5, 0.6) is 0 Å². The van der Waals surface area contributed by atoms with Crippen LogP contribution in [-0.2, 0) is 14.3 Å². The summed E-state index contributed by atoms with van der Waals surface area (Å²) in [5.74, 6) is 1.15. The van der Waals surface area contributed by atoms with Crippen molar-refractivity contribution in [3.63, 3.8) is 0 Å². The lowest BCUT2D eigenvalue weighted by Crippen LogP contribution is -2.52. The fourth-order valence-electron chi connectivity index (χ4n) is 5.58. The molecule has 0 aromatic heterocycles. The summed E-state index contributed by atoms with van der Waals surface area (Å²) in [5.41, 5.74) is 4.07. The first-order chi connectivity index (χ1) is 11.9. The first-order valence-corrected chi connectivity index (χ1v) is 9.91. The average molecular weight is 347 g/mol. The first kappa shape index (κ1) is 18.8. The fourth-order valence-corrected chi connectivity index (χ4v) is 5.58. The molecule has 2 fully saturated rings. The summed E-state index contributed by atoms with van der Waals surface area (Å²) < 4.78 is 11.1. The van der Waals surface area contributed by atoms with Crippen molar-refractivity contribution < 1.29 is 14.3 Å². The molecular formula is C22H34O3. The SMILES string of the molecule is C=C1[C@@H]2CCC(C)CCC/C(C)=C3/CC[C@@](C)([C@H]13)[C@@H](OCOC)C2=O. The van der Waals surface area contributed by atoms with Crippen LogP contribution >= 0.6 is 0 Å². The Kier molecular flexibility index (Phi) is 5.55. The van der Waals surface area contributed by atoms with Gasteiger partial charge in [-0.2, -0.15) is 0 Å². The molecule has 140 valence electrons. The number of Topliss-reactive ketones (excluding diaryl/α,β-unsaturated/α-hetero) is 1. The van der Waals surface area contributed by atoms with Crippen molar-refractivity contribution in [1.29, 1.82) is 0 Å². The standard InChI is InChI=1S/C22H34O3/c1-14-7-6-8-15(2)17-11-12-22(4)19(17)16(3)18(10-9-14)20(23)21(22)25-13-24-5/h14,18-19,21H,3,6-13H2,1-2,4-5H3/b17-15-/t14?,18-,19+,21-,22-/m0/s1. The summed E-state index contributed by atoms with van der Waals surface area (Å²) in [6.45, 7) is 11.5. The van der Waals surface area contributed by atoms with Crippen molar-refractivity contribution in [1.82, 2.24) is 0 Å². The van der Waals surface area contributed by atoms with E-state index in [9.17, 15) is 4.79 Å². The second-order valence-corrected chi connectivity index (χ2v) is 8.80. The number of ketones is 1. The van der Waals surface area contributed by atoms with Gasteiger partial charge in [0.05, 0.1) is 0 Å². The minimum absolute atomic E-state index is 0.0543. The van der Waals surface area contributed by atoms with Crippen molar-refractivity contribution in [2.75, 3.05) is 13.9 Å². The van der Waals surface area contributed by atoms with Gasteiger partial charge in [0.1, 0.15) is 12.9 Å².